The summed E-state index contributed by atoms with van der Waals surface area (Å²) in [7, 11) is 0. The first kappa shape index (κ1) is 20.2. The van der Waals surface area contributed by atoms with Gasteiger partial charge in [-0.1, -0.05) is 79.9 Å². The SMILES string of the molecule is O=C(CC1(c2ccccc2)CCCCC1)N1CCN(CCc2ccccc2)CC1. The minimum Gasteiger partial charge on any atom is -0.340 e. The normalized spacial score (nSPS) is 19.8. The Morgan fingerprint density at radius 3 is 2.07 bits per heavy atom. The zero-order valence-electron chi connectivity index (χ0n) is 17.6. The summed E-state index contributed by atoms with van der Waals surface area (Å²) in [6, 6.07) is 21.5. The zero-order valence-corrected chi connectivity index (χ0v) is 17.6. The average Bonchev–Trinajstić information content (AvgIpc) is 2.80. The number of nitrogens with zero attached hydrogens (tertiary/aromatic N) is 2. The van der Waals surface area contributed by atoms with E-state index in [-0.39, 0.29) is 5.41 Å². The van der Waals surface area contributed by atoms with E-state index in [1.54, 1.807) is 0 Å². The van der Waals surface area contributed by atoms with Crippen molar-refractivity contribution >= 4 is 5.91 Å². The van der Waals surface area contributed by atoms with Crippen LogP contribution in [0.25, 0.3) is 0 Å². The van der Waals surface area contributed by atoms with Gasteiger partial charge in [-0.2, -0.15) is 0 Å². The molecule has 1 aliphatic heterocycles. The van der Waals surface area contributed by atoms with Crippen LogP contribution in [0, 0.1) is 0 Å². The van der Waals surface area contributed by atoms with E-state index in [2.05, 4.69) is 70.5 Å². The predicted octanol–water partition coefficient (Wildman–Crippen LogP) is 4.67. The van der Waals surface area contributed by atoms with Gasteiger partial charge >= 0.3 is 0 Å². The number of carbonyl (C=O) groups is 1. The Balaban J connectivity index is 1.31. The van der Waals surface area contributed by atoms with Crippen molar-refractivity contribution in [2.75, 3.05) is 32.7 Å². The van der Waals surface area contributed by atoms with E-state index in [0.717, 1.165) is 52.0 Å². The molecular formula is C26H34N2O. The molecule has 3 nitrogen and oxygen atoms in total. The van der Waals surface area contributed by atoms with Crippen molar-refractivity contribution in [1.82, 2.24) is 9.80 Å². The van der Waals surface area contributed by atoms with Gasteiger partial charge in [0.25, 0.3) is 0 Å². The van der Waals surface area contributed by atoms with Crippen LogP contribution in [0.1, 0.15) is 49.7 Å². The van der Waals surface area contributed by atoms with E-state index in [4.69, 9.17) is 0 Å². The molecule has 1 saturated heterocycles. The maximum absolute atomic E-state index is 13.2. The van der Waals surface area contributed by atoms with Crippen LogP contribution >= 0.6 is 0 Å². The third-order valence-electron chi connectivity index (χ3n) is 6.97. The first-order chi connectivity index (χ1) is 14.3. The molecule has 2 aromatic rings. The quantitative estimate of drug-likeness (QED) is 0.716. The second-order valence-corrected chi connectivity index (χ2v) is 8.84. The fourth-order valence-corrected chi connectivity index (χ4v) is 5.14. The number of hydrogen-bond acceptors (Lipinski definition) is 2. The molecule has 1 aliphatic carbocycles. The van der Waals surface area contributed by atoms with Crippen LogP contribution in [-0.2, 0) is 16.6 Å². The van der Waals surface area contributed by atoms with Gasteiger partial charge in [-0.3, -0.25) is 9.69 Å². The van der Waals surface area contributed by atoms with Gasteiger partial charge in [-0.25, -0.2) is 0 Å². The largest absolute Gasteiger partial charge is 0.340 e. The first-order valence-electron chi connectivity index (χ1n) is 11.3. The van der Waals surface area contributed by atoms with E-state index >= 15 is 0 Å². The maximum atomic E-state index is 13.2. The van der Waals surface area contributed by atoms with Crippen LogP contribution in [0.5, 0.6) is 0 Å². The molecule has 0 N–H and O–H groups in total. The highest BCUT2D eigenvalue weighted by atomic mass is 16.2. The number of hydrogen-bond donors (Lipinski definition) is 0. The van der Waals surface area contributed by atoms with Crippen molar-refractivity contribution in [3.05, 3.63) is 71.8 Å². The Bertz CT molecular complexity index is 760. The fourth-order valence-electron chi connectivity index (χ4n) is 5.14. The van der Waals surface area contributed by atoms with Crippen molar-refractivity contribution in [1.29, 1.82) is 0 Å². The van der Waals surface area contributed by atoms with Crippen molar-refractivity contribution < 1.29 is 4.79 Å². The lowest BCUT2D eigenvalue weighted by molar-refractivity contribution is -0.134. The second kappa shape index (κ2) is 9.58. The molecule has 0 bridgehead atoms. The summed E-state index contributed by atoms with van der Waals surface area (Å²) in [5.74, 6) is 0.360. The lowest BCUT2D eigenvalue weighted by Gasteiger charge is -2.41. The van der Waals surface area contributed by atoms with Gasteiger partial charge < -0.3 is 4.90 Å². The molecule has 0 aromatic heterocycles. The van der Waals surface area contributed by atoms with E-state index < -0.39 is 0 Å². The lowest BCUT2D eigenvalue weighted by Crippen LogP contribution is -2.50. The molecule has 1 amide bonds. The van der Waals surface area contributed by atoms with Crippen molar-refractivity contribution in [2.45, 2.75) is 50.4 Å². The molecule has 2 fully saturated rings. The fraction of sp³-hybridized carbons (Fsp3) is 0.500. The van der Waals surface area contributed by atoms with Crippen LogP contribution in [-0.4, -0.2) is 48.4 Å². The number of piperazine rings is 1. The molecular weight excluding hydrogens is 356 g/mol. The molecule has 4 rings (SSSR count). The average molecular weight is 391 g/mol. The predicted molar refractivity (Wildman–Crippen MR) is 119 cm³/mol. The van der Waals surface area contributed by atoms with Crippen LogP contribution in [0.4, 0.5) is 0 Å². The molecule has 1 saturated carbocycles. The molecule has 0 atom stereocenters. The summed E-state index contributed by atoms with van der Waals surface area (Å²) in [6.07, 6.45) is 7.88. The highest BCUT2D eigenvalue weighted by Crippen LogP contribution is 2.42. The standard InChI is InChI=1S/C26H34N2O/c29-25(22-26(15-8-3-9-16-26)24-12-6-2-7-13-24)28-20-18-27(19-21-28)17-14-23-10-4-1-5-11-23/h1-2,4-7,10-13H,3,8-9,14-22H2. The number of rotatable bonds is 6. The zero-order chi connectivity index (χ0) is 19.9. The molecule has 1 heterocycles. The summed E-state index contributed by atoms with van der Waals surface area (Å²) in [5, 5.41) is 0. The van der Waals surface area contributed by atoms with Gasteiger partial charge in [0.15, 0.2) is 0 Å². The second-order valence-electron chi connectivity index (χ2n) is 8.84. The minimum absolute atomic E-state index is 0.0566. The monoisotopic (exact) mass is 390 g/mol. The van der Waals surface area contributed by atoms with E-state index in [1.807, 2.05) is 0 Å². The Hall–Kier alpha value is -2.13. The summed E-state index contributed by atoms with van der Waals surface area (Å²) in [6.45, 7) is 4.82. The molecule has 0 spiro atoms. The third-order valence-corrected chi connectivity index (χ3v) is 6.97. The van der Waals surface area contributed by atoms with Gasteiger partial charge in [0, 0.05) is 44.6 Å². The Morgan fingerprint density at radius 1 is 0.793 bits per heavy atom. The van der Waals surface area contributed by atoms with E-state index in [9.17, 15) is 4.79 Å². The third kappa shape index (κ3) is 5.08. The topological polar surface area (TPSA) is 23.6 Å². The van der Waals surface area contributed by atoms with Crippen LogP contribution in [0.15, 0.2) is 60.7 Å². The summed E-state index contributed by atoms with van der Waals surface area (Å²) < 4.78 is 0. The molecule has 29 heavy (non-hydrogen) atoms. The van der Waals surface area contributed by atoms with Crippen LogP contribution in [0.2, 0.25) is 0 Å². The van der Waals surface area contributed by atoms with Gasteiger partial charge in [-0.05, 0) is 30.4 Å². The Kier molecular flexibility index (Phi) is 6.66. The number of amides is 1. The molecule has 0 unspecified atom stereocenters. The van der Waals surface area contributed by atoms with Crippen molar-refractivity contribution in [3.8, 4) is 0 Å². The Morgan fingerprint density at radius 2 is 1.41 bits per heavy atom. The van der Waals surface area contributed by atoms with Gasteiger partial charge in [0.05, 0.1) is 0 Å². The van der Waals surface area contributed by atoms with E-state index in [0.29, 0.717) is 12.3 Å². The summed E-state index contributed by atoms with van der Waals surface area (Å²) >= 11 is 0. The molecule has 154 valence electrons. The highest BCUT2D eigenvalue weighted by molar-refractivity contribution is 5.78. The summed E-state index contributed by atoms with van der Waals surface area (Å²) in [4.78, 5) is 17.9. The van der Waals surface area contributed by atoms with Gasteiger partial charge in [-0.15, -0.1) is 0 Å². The highest BCUT2D eigenvalue weighted by Gasteiger charge is 2.37. The summed E-state index contributed by atoms with van der Waals surface area (Å²) in [5.41, 5.74) is 2.82. The van der Waals surface area contributed by atoms with Crippen molar-refractivity contribution in [3.63, 3.8) is 0 Å². The maximum Gasteiger partial charge on any atom is 0.223 e. The van der Waals surface area contributed by atoms with E-state index in [1.165, 1.54) is 30.4 Å². The van der Waals surface area contributed by atoms with Crippen LogP contribution in [0.3, 0.4) is 0 Å². The number of carbonyl (C=O) groups excluding carboxylic acids is 1. The lowest BCUT2D eigenvalue weighted by atomic mass is 9.67. The van der Waals surface area contributed by atoms with Crippen molar-refractivity contribution in [2.24, 2.45) is 0 Å². The van der Waals surface area contributed by atoms with Gasteiger partial charge in [0.2, 0.25) is 5.91 Å². The molecule has 0 radical (unpaired) electrons. The first-order valence-corrected chi connectivity index (χ1v) is 11.3. The molecule has 2 aromatic carbocycles. The van der Waals surface area contributed by atoms with Crippen LogP contribution < -0.4 is 0 Å². The minimum atomic E-state index is 0.0566. The smallest absolute Gasteiger partial charge is 0.223 e. The molecule has 3 heteroatoms. The molecule has 2 aliphatic rings. The number of benzene rings is 2. The Labute approximate surface area is 175 Å². The van der Waals surface area contributed by atoms with Gasteiger partial charge in [0.1, 0.15) is 0 Å².